The zero-order valence-corrected chi connectivity index (χ0v) is 15.5. The molecule has 1 amide bonds. The summed E-state index contributed by atoms with van der Waals surface area (Å²) in [7, 11) is 1.50. The lowest BCUT2D eigenvalue weighted by molar-refractivity contribution is -0.122. The number of rotatable bonds is 6. The van der Waals surface area contributed by atoms with Gasteiger partial charge in [0.2, 0.25) is 5.91 Å². The molecule has 8 heteroatoms. The van der Waals surface area contributed by atoms with E-state index in [2.05, 4.69) is 17.2 Å². The average molecular weight is 372 g/mol. The molecule has 3 heterocycles. The van der Waals surface area contributed by atoms with Crippen molar-refractivity contribution in [1.82, 2.24) is 19.4 Å². The first kappa shape index (κ1) is 18.1. The fourth-order valence-corrected chi connectivity index (χ4v) is 3.74. The van der Waals surface area contributed by atoms with Crippen molar-refractivity contribution in [3.63, 3.8) is 0 Å². The van der Waals surface area contributed by atoms with Gasteiger partial charge in [-0.3, -0.25) is 23.5 Å². The molecule has 0 saturated carbocycles. The molecule has 0 saturated heterocycles. The van der Waals surface area contributed by atoms with Crippen LogP contribution in [0.4, 0.5) is 0 Å². The van der Waals surface area contributed by atoms with Crippen molar-refractivity contribution < 1.29 is 4.79 Å². The predicted molar refractivity (Wildman–Crippen MR) is 101 cm³/mol. The summed E-state index contributed by atoms with van der Waals surface area (Å²) in [6, 6.07) is 7.18. The molecule has 3 aromatic rings. The Hall–Kier alpha value is -2.74. The minimum atomic E-state index is -0.730. The van der Waals surface area contributed by atoms with Crippen molar-refractivity contribution >= 4 is 28.4 Å². The second-order valence-corrected chi connectivity index (χ2v) is 7.01. The van der Waals surface area contributed by atoms with E-state index in [-0.39, 0.29) is 18.5 Å². The number of nitrogens with one attached hydrogen (secondary N) is 1. The maximum atomic E-state index is 12.6. The molecular weight excluding hydrogens is 352 g/mol. The SMILES string of the molecule is CCCC(NC(=O)Cn1c(=O)c(=O)n(C)c2ncccc21)c1cccs1. The molecule has 0 aliphatic carbocycles. The van der Waals surface area contributed by atoms with Crippen LogP contribution < -0.4 is 16.4 Å². The number of fused-ring (bicyclic) bond motifs is 1. The summed E-state index contributed by atoms with van der Waals surface area (Å²) in [4.78, 5) is 42.4. The maximum Gasteiger partial charge on any atom is 0.317 e. The van der Waals surface area contributed by atoms with E-state index < -0.39 is 11.1 Å². The highest BCUT2D eigenvalue weighted by atomic mass is 32.1. The molecular formula is C18H20N4O3S. The Kier molecular flexibility index (Phi) is 5.32. The maximum absolute atomic E-state index is 12.6. The fourth-order valence-electron chi connectivity index (χ4n) is 2.93. The summed E-state index contributed by atoms with van der Waals surface area (Å²) < 4.78 is 2.40. The Morgan fingerprint density at radius 1 is 1.27 bits per heavy atom. The van der Waals surface area contributed by atoms with Crippen LogP contribution in [0.15, 0.2) is 45.4 Å². The van der Waals surface area contributed by atoms with Gasteiger partial charge in [-0.2, -0.15) is 0 Å². The number of amides is 1. The standard InChI is InChI=1S/C18H20N4O3S/c1-3-6-12(14-8-5-10-26-14)20-15(23)11-22-13-7-4-9-19-16(13)21(2)17(24)18(22)25/h4-5,7-10,12H,3,6,11H2,1-2H3,(H,20,23). The average Bonchev–Trinajstić information content (AvgIpc) is 3.18. The Balaban J connectivity index is 1.92. The number of nitrogens with zero attached hydrogens (tertiary/aromatic N) is 3. The predicted octanol–water partition coefficient (Wildman–Crippen LogP) is 1.81. The van der Waals surface area contributed by atoms with E-state index in [1.807, 2.05) is 17.5 Å². The first-order valence-corrected chi connectivity index (χ1v) is 9.28. The van der Waals surface area contributed by atoms with Crippen molar-refractivity contribution in [3.8, 4) is 0 Å². The van der Waals surface area contributed by atoms with Gasteiger partial charge in [-0.05, 0) is 30.0 Å². The highest BCUT2D eigenvalue weighted by Crippen LogP contribution is 2.23. The Morgan fingerprint density at radius 3 is 2.77 bits per heavy atom. The van der Waals surface area contributed by atoms with Gasteiger partial charge in [0, 0.05) is 18.1 Å². The Morgan fingerprint density at radius 2 is 2.08 bits per heavy atom. The number of carbonyl (C=O) groups excluding carboxylic acids is 1. The van der Waals surface area contributed by atoms with E-state index in [1.165, 1.54) is 16.2 Å². The summed E-state index contributed by atoms with van der Waals surface area (Å²) in [5.41, 5.74) is -0.607. The van der Waals surface area contributed by atoms with Crippen molar-refractivity contribution in [2.45, 2.75) is 32.4 Å². The third-order valence-electron chi connectivity index (χ3n) is 4.21. The zero-order chi connectivity index (χ0) is 18.7. The van der Waals surface area contributed by atoms with Crippen LogP contribution in [0.1, 0.15) is 30.7 Å². The third kappa shape index (κ3) is 3.45. The van der Waals surface area contributed by atoms with Crippen LogP contribution in [-0.4, -0.2) is 20.0 Å². The van der Waals surface area contributed by atoms with Crippen molar-refractivity contribution in [1.29, 1.82) is 0 Å². The first-order chi connectivity index (χ1) is 12.5. The minimum absolute atomic E-state index is 0.0980. The van der Waals surface area contributed by atoms with Crippen LogP contribution in [0.25, 0.3) is 11.2 Å². The molecule has 0 aliphatic rings. The van der Waals surface area contributed by atoms with Crippen LogP contribution in [0.3, 0.4) is 0 Å². The van der Waals surface area contributed by atoms with Gasteiger partial charge in [0.25, 0.3) is 0 Å². The molecule has 26 heavy (non-hydrogen) atoms. The number of carbonyl (C=O) groups is 1. The molecule has 0 bridgehead atoms. The number of pyridine rings is 1. The lowest BCUT2D eigenvalue weighted by Crippen LogP contribution is -2.43. The molecule has 0 aliphatic heterocycles. The molecule has 7 nitrogen and oxygen atoms in total. The normalized spacial score (nSPS) is 12.2. The van der Waals surface area contributed by atoms with Gasteiger partial charge in [-0.1, -0.05) is 19.4 Å². The van der Waals surface area contributed by atoms with Gasteiger partial charge in [-0.15, -0.1) is 11.3 Å². The number of hydrogen-bond donors (Lipinski definition) is 1. The highest BCUT2D eigenvalue weighted by Gasteiger charge is 2.18. The minimum Gasteiger partial charge on any atom is -0.347 e. The molecule has 0 spiro atoms. The Bertz CT molecular complexity index is 1040. The molecule has 0 fully saturated rings. The molecule has 1 unspecified atom stereocenters. The van der Waals surface area contributed by atoms with Gasteiger partial charge >= 0.3 is 11.1 Å². The van der Waals surface area contributed by atoms with Gasteiger partial charge in [0.1, 0.15) is 6.54 Å². The molecule has 0 aromatic carbocycles. The lowest BCUT2D eigenvalue weighted by atomic mass is 10.1. The smallest absolute Gasteiger partial charge is 0.317 e. The van der Waals surface area contributed by atoms with Gasteiger partial charge < -0.3 is 5.32 Å². The second kappa shape index (κ2) is 7.65. The number of aryl methyl sites for hydroxylation is 1. The quantitative estimate of drug-likeness (QED) is 0.669. The van der Waals surface area contributed by atoms with Crippen molar-refractivity contribution in [2.24, 2.45) is 7.05 Å². The van der Waals surface area contributed by atoms with E-state index in [4.69, 9.17) is 0 Å². The van der Waals surface area contributed by atoms with E-state index >= 15 is 0 Å². The van der Waals surface area contributed by atoms with Crippen LogP contribution in [-0.2, 0) is 18.4 Å². The number of thiophene rings is 1. The summed E-state index contributed by atoms with van der Waals surface area (Å²) in [5.74, 6) is -0.308. The van der Waals surface area contributed by atoms with Crippen molar-refractivity contribution in [2.75, 3.05) is 0 Å². The monoisotopic (exact) mass is 372 g/mol. The lowest BCUT2D eigenvalue weighted by Gasteiger charge is -2.18. The first-order valence-electron chi connectivity index (χ1n) is 8.40. The topological polar surface area (TPSA) is 86.0 Å². The van der Waals surface area contributed by atoms with Crippen LogP contribution >= 0.6 is 11.3 Å². The summed E-state index contributed by atoms with van der Waals surface area (Å²) >= 11 is 1.58. The number of aromatic nitrogens is 3. The molecule has 136 valence electrons. The van der Waals surface area contributed by atoms with Crippen molar-refractivity contribution in [3.05, 3.63) is 61.4 Å². The van der Waals surface area contributed by atoms with E-state index in [1.54, 1.807) is 29.7 Å². The van der Waals surface area contributed by atoms with Crippen LogP contribution in [0.5, 0.6) is 0 Å². The molecule has 3 rings (SSSR count). The summed E-state index contributed by atoms with van der Waals surface area (Å²) in [5, 5.41) is 4.94. The fraction of sp³-hybridized carbons (Fsp3) is 0.333. The zero-order valence-electron chi connectivity index (χ0n) is 14.6. The largest absolute Gasteiger partial charge is 0.347 e. The third-order valence-corrected chi connectivity index (χ3v) is 5.19. The second-order valence-electron chi connectivity index (χ2n) is 6.03. The highest BCUT2D eigenvalue weighted by molar-refractivity contribution is 7.10. The van der Waals surface area contributed by atoms with Crippen LogP contribution in [0.2, 0.25) is 0 Å². The van der Waals surface area contributed by atoms with Gasteiger partial charge in [-0.25, -0.2) is 4.98 Å². The summed E-state index contributed by atoms with van der Waals surface area (Å²) in [6.07, 6.45) is 3.27. The molecule has 1 N–H and O–H groups in total. The number of hydrogen-bond acceptors (Lipinski definition) is 5. The molecule has 0 radical (unpaired) electrons. The van der Waals surface area contributed by atoms with Crippen LogP contribution in [0, 0.1) is 0 Å². The summed E-state index contributed by atoms with van der Waals surface area (Å²) in [6.45, 7) is 1.83. The molecule has 3 aromatic heterocycles. The van der Waals surface area contributed by atoms with E-state index in [9.17, 15) is 14.4 Å². The molecule has 1 atom stereocenters. The van der Waals surface area contributed by atoms with E-state index in [0.717, 1.165) is 17.7 Å². The Labute approximate surface area is 153 Å². The van der Waals surface area contributed by atoms with Gasteiger partial charge in [0.15, 0.2) is 5.65 Å². The van der Waals surface area contributed by atoms with Gasteiger partial charge in [0.05, 0.1) is 11.6 Å². The van der Waals surface area contributed by atoms with E-state index in [0.29, 0.717) is 11.2 Å².